The minimum absolute atomic E-state index is 0.430. The molecule has 0 atom stereocenters. The van der Waals surface area contributed by atoms with Gasteiger partial charge in [0.1, 0.15) is 0 Å². The Hall–Kier alpha value is -7.37. The summed E-state index contributed by atoms with van der Waals surface area (Å²) >= 11 is 0. The number of rotatable bonds is 7. The van der Waals surface area contributed by atoms with Crippen molar-refractivity contribution in [2.24, 2.45) is 0 Å². The number of ether oxygens (including phenoxy) is 1. The van der Waals surface area contributed by atoms with Gasteiger partial charge in [-0.3, -0.25) is 10.1 Å². The summed E-state index contributed by atoms with van der Waals surface area (Å²) in [7, 11) is 0. The molecule has 5 heteroatoms. The Morgan fingerprint density at radius 2 is 1.15 bits per heavy atom. The maximum atomic E-state index is 9.03. The molecule has 9 aromatic rings. The van der Waals surface area contributed by atoms with Crippen molar-refractivity contribution in [1.29, 1.82) is 5.41 Å². The number of para-hydroxylation sites is 3. The quantitative estimate of drug-likeness (QED) is 0.163. The zero-order chi connectivity index (χ0) is 36.0. The van der Waals surface area contributed by atoms with Gasteiger partial charge in [0.15, 0.2) is 11.5 Å². The fourth-order valence-corrected chi connectivity index (χ4v) is 7.64. The third-order valence-electron chi connectivity index (χ3n) is 10.2. The molecule has 1 aromatic heterocycles. The molecule has 2 heterocycles. The molecule has 54 heavy (non-hydrogen) atoms. The highest BCUT2D eigenvalue weighted by molar-refractivity contribution is 6.21. The molecular formula is C49H34N4O. The van der Waals surface area contributed by atoms with Crippen LogP contribution in [0.1, 0.15) is 11.1 Å². The van der Waals surface area contributed by atoms with Crippen LogP contribution in [0.15, 0.2) is 194 Å². The molecule has 2 N–H and O–H groups in total. The first kappa shape index (κ1) is 31.4. The van der Waals surface area contributed by atoms with E-state index in [0.717, 1.165) is 72.9 Å². The zero-order valence-electron chi connectivity index (χ0n) is 29.3. The maximum absolute atomic E-state index is 9.03. The normalized spacial score (nSPS) is 12.4. The molecule has 8 aromatic carbocycles. The van der Waals surface area contributed by atoms with Gasteiger partial charge >= 0.3 is 0 Å². The van der Waals surface area contributed by atoms with Gasteiger partial charge in [-0.25, -0.2) is 0 Å². The van der Waals surface area contributed by atoms with Crippen molar-refractivity contribution in [1.82, 2.24) is 4.68 Å². The Kier molecular flexibility index (Phi) is 7.55. The lowest BCUT2D eigenvalue weighted by atomic mass is 9.99. The van der Waals surface area contributed by atoms with Crippen molar-refractivity contribution >= 4 is 61.0 Å². The fourth-order valence-electron chi connectivity index (χ4n) is 7.64. The molecule has 0 radical (unpaired) electrons. The van der Waals surface area contributed by atoms with Gasteiger partial charge < -0.3 is 15.0 Å². The number of benzene rings is 8. The van der Waals surface area contributed by atoms with Gasteiger partial charge in [-0.1, -0.05) is 133 Å². The maximum Gasteiger partial charge on any atom is 0.151 e. The molecule has 0 saturated heterocycles. The van der Waals surface area contributed by atoms with Gasteiger partial charge in [-0.2, -0.15) is 0 Å². The van der Waals surface area contributed by atoms with Gasteiger partial charge in [-0.05, 0) is 93.7 Å². The monoisotopic (exact) mass is 694 g/mol. The highest BCUT2D eigenvalue weighted by atomic mass is 16.5. The van der Waals surface area contributed by atoms with Crippen LogP contribution in [0.3, 0.4) is 0 Å². The number of nitrogens with one attached hydrogen (secondary N) is 2. The summed E-state index contributed by atoms with van der Waals surface area (Å²) in [6, 6.07) is 64.9. The van der Waals surface area contributed by atoms with Gasteiger partial charge in [0.2, 0.25) is 0 Å². The predicted octanol–water partition coefficient (Wildman–Crippen LogP) is 12.8. The van der Waals surface area contributed by atoms with Crippen molar-refractivity contribution in [2.45, 2.75) is 0 Å². The van der Waals surface area contributed by atoms with E-state index in [1.54, 1.807) is 0 Å². The van der Waals surface area contributed by atoms with Gasteiger partial charge in [-0.15, -0.1) is 0 Å². The van der Waals surface area contributed by atoms with E-state index in [9.17, 15) is 0 Å². The standard InChI is InChI=1S/C49H34N4O/c50-41(34-15-4-1-5-16-34)32-42(35-17-6-2-7-18-35)51-53-43-27-25-36(30-40(43)49-39-21-11-10-14-33(39)24-28-45(49)53)37-26-29-48-46(31-37)52(38-19-8-3-9-20-38)44-22-12-13-23-47(44)54-48/h1-32,50-51H/b42-32-,50-41?. The number of aromatic nitrogens is 1. The van der Waals surface area contributed by atoms with Crippen LogP contribution < -0.4 is 15.1 Å². The van der Waals surface area contributed by atoms with Crippen LogP contribution in [0.25, 0.3) is 49.4 Å². The lowest BCUT2D eigenvalue weighted by molar-refractivity contribution is 0.477. The van der Waals surface area contributed by atoms with E-state index in [-0.39, 0.29) is 0 Å². The van der Waals surface area contributed by atoms with E-state index in [2.05, 4.69) is 136 Å². The SMILES string of the molecule is N=C(/C=C(\Nn1c2ccc(-c3ccc4c(c3)N(c3ccccc3)c3ccccc3O4)cc2c2c3ccccc3ccc21)c1ccccc1)c1ccccc1. The Morgan fingerprint density at radius 1 is 0.519 bits per heavy atom. The second-order valence-corrected chi connectivity index (χ2v) is 13.5. The average molecular weight is 695 g/mol. The van der Waals surface area contributed by atoms with E-state index >= 15 is 0 Å². The Bertz CT molecular complexity index is 2900. The molecule has 0 aliphatic carbocycles. The molecule has 256 valence electrons. The summed E-state index contributed by atoms with van der Waals surface area (Å²) in [4.78, 5) is 2.28. The van der Waals surface area contributed by atoms with Crippen molar-refractivity contribution < 1.29 is 4.74 Å². The minimum Gasteiger partial charge on any atom is -0.453 e. The van der Waals surface area contributed by atoms with Gasteiger partial charge in [0.05, 0.1) is 33.8 Å². The molecule has 0 spiro atoms. The predicted molar refractivity (Wildman–Crippen MR) is 224 cm³/mol. The summed E-state index contributed by atoms with van der Waals surface area (Å²) in [5.41, 5.74) is 14.2. The summed E-state index contributed by atoms with van der Waals surface area (Å²) in [5, 5.41) is 13.7. The number of fused-ring (bicyclic) bond motifs is 7. The molecule has 1 aliphatic heterocycles. The number of hydrogen-bond donors (Lipinski definition) is 2. The largest absolute Gasteiger partial charge is 0.453 e. The Morgan fingerprint density at radius 3 is 1.96 bits per heavy atom. The van der Waals surface area contributed by atoms with Crippen molar-refractivity contribution in [2.75, 3.05) is 10.3 Å². The third kappa shape index (κ3) is 5.38. The summed E-state index contributed by atoms with van der Waals surface area (Å²) in [5.74, 6) is 1.65. The number of allylic oxidation sites excluding steroid dienone is 1. The van der Waals surface area contributed by atoms with Gasteiger partial charge in [0, 0.05) is 16.5 Å². The van der Waals surface area contributed by atoms with Crippen molar-refractivity contribution in [3.8, 4) is 22.6 Å². The molecule has 0 bridgehead atoms. The average Bonchev–Trinajstić information content (AvgIpc) is 3.56. The van der Waals surface area contributed by atoms with Crippen LogP contribution in [-0.4, -0.2) is 10.4 Å². The zero-order valence-corrected chi connectivity index (χ0v) is 29.3. The Labute approximate surface area is 313 Å². The molecule has 1 aliphatic rings. The summed E-state index contributed by atoms with van der Waals surface area (Å²) < 4.78 is 8.63. The number of anilines is 3. The van der Waals surface area contributed by atoms with E-state index in [1.165, 1.54) is 16.2 Å². The fraction of sp³-hybridized carbons (Fsp3) is 0. The van der Waals surface area contributed by atoms with Crippen LogP contribution in [0.5, 0.6) is 11.5 Å². The first-order valence-corrected chi connectivity index (χ1v) is 18.1. The second kappa shape index (κ2) is 13.0. The van der Waals surface area contributed by atoms with Crippen LogP contribution in [-0.2, 0) is 0 Å². The van der Waals surface area contributed by atoms with E-state index in [0.29, 0.717) is 5.71 Å². The summed E-state index contributed by atoms with van der Waals surface area (Å²) in [6.07, 6.45) is 1.92. The van der Waals surface area contributed by atoms with E-state index < -0.39 is 0 Å². The van der Waals surface area contributed by atoms with Crippen molar-refractivity contribution in [3.05, 3.63) is 205 Å². The second-order valence-electron chi connectivity index (χ2n) is 13.5. The van der Waals surface area contributed by atoms with Gasteiger partial charge in [0.25, 0.3) is 0 Å². The highest BCUT2D eigenvalue weighted by Gasteiger charge is 2.26. The van der Waals surface area contributed by atoms with E-state index in [1.807, 2.05) is 72.8 Å². The molecular weight excluding hydrogens is 661 g/mol. The minimum atomic E-state index is 0.430. The third-order valence-corrected chi connectivity index (χ3v) is 10.2. The molecule has 0 amide bonds. The van der Waals surface area contributed by atoms with Crippen LogP contribution in [0, 0.1) is 5.41 Å². The van der Waals surface area contributed by atoms with Crippen molar-refractivity contribution in [3.63, 3.8) is 0 Å². The van der Waals surface area contributed by atoms with Crippen LogP contribution in [0.4, 0.5) is 17.1 Å². The molecule has 10 rings (SSSR count). The lowest BCUT2D eigenvalue weighted by Gasteiger charge is -2.33. The van der Waals surface area contributed by atoms with E-state index in [4.69, 9.17) is 10.1 Å². The molecule has 0 saturated carbocycles. The highest BCUT2D eigenvalue weighted by Crippen LogP contribution is 2.51. The molecule has 0 fully saturated rings. The van der Waals surface area contributed by atoms with Crippen LogP contribution >= 0.6 is 0 Å². The lowest BCUT2D eigenvalue weighted by Crippen LogP contribution is -2.15. The number of hydrogen-bond acceptors (Lipinski definition) is 4. The number of nitrogens with zero attached hydrogens (tertiary/aromatic N) is 2. The molecule has 0 unspecified atom stereocenters. The Balaban J connectivity index is 1.15. The smallest absolute Gasteiger partial charge is 0.151 e. The van der Waals surface area contributed by atoms with Crippen LogP contribution in [0.2, 0.25) is 0 Å². The first-order valence-electron chi connectivity index (χ1n) is 18.1. The first-order chi connectivity index (χ1) is 26.7. The molecule has 5 nitrogen and oxygen atoms in total. The summed E-state index contributed by atoms with van der Waals surface area (Å²) in [6.45, 7) is 0. The topological polar surface area (TPSA) is 53.3 Å².